The van der Waals surface area contributed by atoms with E-state index in [1.807, 2.05) is 12.1 Å². The van der Waals surface area contributed by atoms with Crippen molar-refractivity contribution in [1.29, 1.82) is 0 Å². The van der Waals surface area contributed by atoms with Gasteiger partial charge in [0.25, 0.3) is 0 Å². The van der Waals surface area contributed by atoms with Crippen molar-refractivity contribution >= 4 is 17.5 Å². The van der Waals surface area contributed by atoms with E-state index in [0.717, 1.165) is 45.1 Å². The minimum atomic E-state index is 0.323. The van der Waals surface area contributed by atoms with Gasteiger partial charge in [0.15, 0.2) is 5.96 Å². The van der Waals surface area contributed by atoms with Gasteiger partial charge in [0, 0.05) is 33.2 Å². The number of nitrogens with two attached hydrogens (primary N) is 1. The number of nitrogens with zero attached hydrogens (tertiary/aromatic N) is 4. The molecule has 2 aliphatic heterocycles. The molecule has 8 nitrogen and oxygen atoms in total. The number of guanidine groups is 1. The monoisotopic (exact) mass is 320 g/mol. The summed E-state index contributed by atoms with van der Waals surface area (Å²) in [6.45, 7) is 5.72. The maximum atomic E-state index is 5.67. The molecule has 0 unspecified atom stereocenters. The van der Waals surface area contributed by atoms with E-state index < -0.39 is 0 Å². The Hall–Kier alpha value is -2.06. The SMILES string of the molecule is CN=C(N)Nc1ccc(N2CCN(C3COC3)CC2)c(OC)n1. The number of aliphatic imine (C=N–C) groups is 1. The van der Waals surface area contributed by atoms with Crippen molar-refractivity contribution in [2.45, 2.75) is 6.04 Å². The predicted molar refractivity (Wildman–Crippen MR) is 90.4 cm³/mol. The summed E-state index contributed by atoms with van der Waals surface area (Å²) < 4.78 is 10.7. The van der Waals surface area contributed by atoms with Gasteiger partial charge in [-0.2, -0.15) is 4.98 Å². The first kappa shape index (κ1) is 15.8. The second kappa shape index (κ2) is 7.01. The Kier molecular flexibility index (Phi) is 4.82. The lowest BCUT2D eigenvalue weighted by Gasteiger charge is -2.43. The number of rotatable bonds is 4. The Morgan fingerprint density at radius 2 is 2.09 bits per heavy atom. The van der Waals surface area contributed by atoms with Crippen molar-refractivity contribution in [1.82, 2.24) is 9.88 Å². The zero-order valence-corrected chi connectivity index (χ0v) is 13.7. The van der Waals surface area contributed by atoms with Gasteiger partial charge in [0.05, 0.1) is 26.4 Å². The normalized spacial score (nSPS) is 20.3. The summed E-state index contributed by atoms with van der Waals surface area (Å²) in [7, 11) is 3.26. The van der Waals surface area contributed by atoms with Crippen LogP contribution in [0.5, 0.6) is 5.88 Å². The summed E-state index contributed by atoms with van der Waals surface area (Å²) >= 11 is 0. The minimum Gasteiger partial charge on any atom is -0.479 e. The van der Waals surface area contributed by atoms with E-state index in [4.69, 9.17) is 15.2 Å². The second-order valence-corrected chi connectivity index (χ2v) is 5.67. The van der Waals surface area contributed by atoms with Crippen LogP contribution in [0.15, 0.2) is 17.1 Å². The number of hydrogen-bond acceptors (Lipinski definition) is 6. The minimum absolute atomic E-state index is 0.323. The topological polar surface area (TPSA) is 88.2 Å². The van der Waals surface area contributed by atoms with Crippen molar-refractivity contribution in [3.8, 4) is 5.88 Å². The molecule has 1 aromatic rings. The van der Waals surface area contributed by atoms with Crippen LogP contribution < -0.4 is 20.7 Å². The van der Waals surface area contributed by atoms with Crippen LogP contribution in [0.1, 0.15) is 0 Å². The number of aromatic nitrogens is 1. The first-order valence-corrected chi connectivity index (χ1v) is 7.82. The third-order valence-corrected chi connectivity index (χ3v) is 4.32. The van der Waals surface area contributed by atoms with Crippen molar-refractivity contribution in [2.24, 2.45) is 10.7 Å². The molecule has 3 heterocycles. The molecule has 2 saturated heterocycles. The highest BCUT2D eigenvalue weighted by molar-refractivity contribution is 5.91. The maximum Gasteiger partial charge on any atom is 0.239 e. The third kappa shape index (κ3) is 3.48. The number of anilines is 2. The molecule has 126 valence electrons. The van der Waals surface area contributed by atoms with Crippen LogP contribution in [0.4, 0.5) is 11.5 Å². The van der Waals surface area contributed by atoms with E-state index >= 15 is 0 Å². The second-order valence-electron chi connectivity index (χ2n) is 5.67. The highest BCUT2D eigenvalue weighted by Gasteiger charge is 2.29. The molecule has 3 N–H and O–H groups in total. The third-order valence-electron chi connectivity index (χ3n) is 4.32. The molecule has 0 saturated carbocycles. The molecule has 2 fully saturated rings. The number of nitrogens with one attached hydrogen (secondary N) is 1. The van der Waals surface area contributed by atoms with E-state index in [0.29, 0.717) is 23.7 Å². The Labute approximate surface area is 136 Å². The fourth-order valence-electron chi connectivity index (χ4n) is 2.84. The highest BCUT2D eigenvalue weighted by Crippen LogP contribution is 2.29. The molecule has 2 aliphatic rings. The Balaban J connectivity index is 1.67. The lowest BCUT2D eigenvalue weighted by Crippen LogP contribution is -2.56. The molecule has 0 aromatic carbocycles. The standard InChI is InChI=1S/C15H24N6O2/c1-17-15(16)19-13-4-3-12(14(18-13)22-2)21-7-5-20(6-8-21)11-9-23-10-11/h3-4,11H,5-10H2,1-2H3,(H3,16,17,18,19). The number of hydrogen-bond donors (Lipinski definition) is 2. The number of ether oxygens (including phenoxy) is 2. The van der Waals surface area contributed by atoms with Gasteiger partial charge in [-0.05, 0) is 12.1 Å². The van der Waals surface area contributed by atoms with Gasteiger partial charge < -0.3 is 25.4 Å². The number of pyridine rings is 1. The smallest absolute Gasteiger partial charge is 0.239 e. The Morgan fingerprint density at radius 3 is 2.65 bits per heavy atom. The van der Waals surface area contributed by atoms with Gasteiger partial charge in [0.2, 0.25) is 5.88 Å². The summed E-state index contributed by atoms with van der Waals surface area (Å²) in [5.41, 5.74) is 6.68. The largest absolute Gasteiger partial charge is 0.479 e. The molecule has 0 amide bonds. The van der Waals surface area contributed by atoms with E-state index in [-0.39, 0.29) is 0 Å². The fraction of sp³-hybridized carbons (Fsp3) is 0.600. The summed E-state index contributed by atoms with van der Waals surface area (Å²) in [5, 5.41) is 2.93. The molecule has 23 heavy (non-hydrogen) atoms. The molecule has 3 rings (SSSR count). The van der Waals surface area contributed by atoms with Crippen molar-refractivity contribution in [2.75, 3.05) is 63.8 Å². The van der Waals surface area contributed by atoms with Gasteiger partial charge in [0.1, 0.15) is 11.5 Å². The summed E-state index contributed by atoms with van der Waals surface area (Å²) in [6, 6.07) is 4.50. The number of methoxy groups -OCH3 is 1. The molecular formula is C15H24N6O2. The van der Waals surface area contributed by atoms with E-state index in [1.165, 1.54) is 0 Å². The van der Waals surface area contributed by atoms with Crippen molar-refractivity contribution in [3.05, 3.63) is 12.1 Å². The van der Waals surface area contributed by atoms with Gasteiger partial charge in [-0.3, -0.25) is 9.89 Å². The molecule has 0 radical (unpaired) electrons. The summed E-state index contributed by atoms with van der Waals surface area (Å²) in [5.74, 6) is 1.54. The van der Waals surface area contributed by atoms with Crippen LogP contribution in [-0.2, 0) is 4.74 Å². The van der Waals surface area contributed by atoms with Crippen LogP contribution in [0, 0.1) is 0 Å². The molecular weight excluding hydrogens is 296 g/mol. The highest BCUT2D eigenvalue weighted by atomic mass is 16.5. The van der Waals surface area contributed by atoms with Crippen LogP contribution in [0.2, 0.25) is 0 Å². The van der Waals surface area contributed by atoms with Gasteiger partial charge >= 0.3 is 0 Å². The molecule has 0 atom stereocenters. The van der Waals surface area contributed by atoms with Crippen molar-refractivity contribution < 1.29 is 9.47 Å². The average molecular weight is 320 g/mol. The first-order chi connectivity index (χ1) is 11.2. The summed E-state index contributed by atoms with van der Waals surface area (Å²) in [6.07, 6.45) is 0. The zero-order chi connectivity index (χ0) is 16.2. The van der Waals surface area contributed by atoms with E-state index in [2.05, 4.69) is 25.1 Å². The predicted octanol–water partition coefficient (Wildman–Crippen LogP) is -0.0326. The average Bonchev–Trinajstić information content (AvgIpc) is 2.54. The Bertz CT molecular complexity index is 567. The molecule has 0 spiro atoms. The molecule has 0 bridgehead atoms. The first-order valence-electron chi connectivity index (χ1n) is 7.82. The lowest BCUT2D eigenvalue weighted by atomic mass is 10.1. The number of piperazine rings is 1. The van der Waals surface area contributed by atoms with Gasteiger partial charge in [-0.1, -0.05) is 0 Å². The van der Waals surface area contributed by atoms with Crippen LogP contribution in [0.3, 0.4) is 0 Å². The maximum absolute atomic E-state index is 5.67. The molecule has 1 aromatic heterocycles. The molecule has 8 heteroatoms. The van der Waals surface area contributed by atoms with Gasteiger partial charge in [-0.15, -0.1) is 0 Å². The van der Waals surface area contributed by atoms with Crippen LogP contribution in [-0.4, -0.2) is 75.4 Å². The van der Waals surface area contributed by atoms with Crippen LogP contribution >= 0.6 is 0 Å². The quantitative estimate of drug-likeness (QED) is 0.595. The van der Waals surface area contributed by atoms with Crippen LogP contribution in [0.25, 0.3) is 0 Å². The van der Waals surface area contributed by atoms with Crippen molar-refractivity contribution in [3.63, 3.8) is 0 Å². The van der Waals surface area contributed by atoms with E-state index in [1.54, 1.807) is 14.2 Å². The fourth-order valence-corrected chi connectivity index (χ4v) is 2.84. The Morgan fingerprint density at radius 1 is 1.35 bits per heavy atom. The molecule has 0 aliphatic carbocycles. The summed E-state index contributed by atoms with van der Waals surface area (Å²) in [4.78, 5) is 13.1. The zero-order valence-electron chi connectivity index (χ0n) is 13.7. The van der Waals surface area contributed by atoms with Gasteiger partial charge in [-0.25, -0.2) is 0 Å². The lowest BCUT2D eigenvalue weighted by molar-refractivity contribution is -0.0660. The van der Waals surface area contributed by atoms with E-state index in [9.17, 15) is 0 Å².